The Kier molecular flexibility index (Phi) is 1.92. The van der Waals surface area contributed by atoms with Gasteiger partial charge in [0.25, 0.3) is 11.8 Å². The standard InChI is InChI=1S/C9H11NO3/c1-6(7-5-13-7)4-10-8(11)2-3-9(10)12/h2-3,6-7H,4-5H2,1H3. The number of hydrogen-bond acceptors (Lipinski definition) is 3. The summed E-state index contributed by atoms with van der Waals surface area (Å²) in [6, 6.07) is 0. The van der Waals surface area contributed by atoms with Gasteiger partial charge in [0.05, 0.1) is 12.7 Å². The van der Waals surface area contributed by atoms with E-state index in [0.717, 1.165) is 6.61 Å². The van der Waals surface area contributed by atoms with Crippen LogP contribution in [0.15, 0.2) is 12.2 Å². The number of carbonyl (C=O) groups excluding carboxylic acids is 2. The van der Waals surface area contributed by atoms with Gasteiger partial charge in [0.1, 0.15) is 0 Å². The van der Waals surface area contributed by atoms with Crippen molar-refractivity contribution in [3.05, 3.63) is 12.2 Å². The van der Waals surface area contributed by atoms with Crippen LogP contribution >= 0.6 is 0 Å². The van der Waals surface area contributed by atoms with Gasteiger partial charge in [-0.3, -0.25) is 14.5 Å². The quantitative estimate of drug-likeness (QED) is 0.453. The molecule has 0 radical (unpaired) electrons. The number of epoxide rings is 1. The average Bonchev–Trinajstić information content (AvgIpc) is 2.88. The Hall–Kier alpha value is -1.16. The zero-order chi connectivity index (χ0) is 9.42. The predicted octanol–water partition coefficient (Wildman–Crippen LogP) is -0.0537. The van der Waals surface area contributed by atoms with E-state index in [-0.39, 0.29) is 23.8 Å². The summed E-state index contributed by atoms with van der Waals surface area (Å²) in [6.45, 7) is 3.21. The molecule has 2 aliphatic heterocycles. The molecule has 0 aromatic rings. The molecule has 13 heavy (non-hydrogen) atoms. The van der Waals surface area contributed by atoms with Crippen molar-refractivity contribution in [2.75, 3.05) is 13.2 Å². The third-order valence-electron chi connectivity index (χ3n) is 2.36. The zero-order valence-electron chi connectivity index (χ0n) is 7.40. The van der Waals surface area contributed by atoms with Gasteiger partial charge < -0.3 is 4.74 Å². The summed E-state index contributed by atoms with van der Waals surface area (Å²) in [6.07, 6.45) is 2.85. The smallest absolute Gasteiger partial charge is 0.253 e. The van der Waals surface area contributed by atoms with Crippen molar-refractivity contribution >= 4 is 11.8 Å². The van der Waals surface area contributed by atoms with Crippen LogP contribution in [0.25, 0.3) is 0 Å². The summed E-state index contributed by atoms with van der Waals surface area (Å²) in [4.78, 5) is 23.5. The molecule has 0 spiro atoms. The highest BCUT2D eigenvalue weighted by Gasteiger charge is 2.33. The summed E-state index contributed by atoms with van der Waals surface area (Å²) < 4.78 is 5.08. The molecule has 0 aromatic carbocycles. The second kappa shape index (κ2) is 2.96. The van der Waals surface area contributed by atoms with E-state index in [0.29, 0.717) is 6.54 Å². The molecule has 2 rings (SSSR count). The molecule has 2 atom stereocenters. The number of nitrogens with zero attached hydrogens (tertiary/aromatic N) is 1. The van der Waals surface area contributed by atoms with Gasteiger partial charge in [-0.15, -0.1) is 0 Å². The van der Waals surface area contributed by atoms with E-state index in [1.807, 2.05) is 6.92 Å². The van der Waals surface area contributed by atoms with E-state index in [1.54, 1.807) is 0 Å². The van der Waals surface area contributed by atoms with Crippen LogP contribution in [0, 0.1) is 5.92 Å². The molecule has 0 bridgehead atoms. The molecule has 4 heteroatoms. The Morgan fingerprint density at radius 3 is 2.54 bits per heavy atom. The molecule has 0 aliphatic carbocycles. The number of amides is 2. The summed E-state index contributed by atoms with van der Waals surface area (Å²) >= 11 is 0. The van der Waals surface area contributed by atoms with Crippen LogP contribution in [0.2, 0.25) is 0 Å². The molecule has 0 aromatic heterocycles. The molecule has 4 nitrogen and oxygen atoms in total. The van der Waals surface area contributed by atoms with Crippen molar-refractivity contribution in [2.45, 2.75) is 13.0 Å². The first-order valence-corrected chi connectivity index (χ1v) is 4.33. The lowest BCUT2D eigenvalue weighted by Crippen LogP contribution is -2.35. The third kappa shape index (κ3) is 1.62. The summed E-state index contributed by atoms with van der Waals surface area (Å²) in [5.74, 6) is -0.178. The highest BCUT2D eigenvalue weighted by atomic mass is 16.6. The fourth-order valence-corrected chi connectivity index (χ4v) is 1.40. The van der Waals surface area contributed by atoms with E-state index in [1.165, 1.54) is 17.1 Å². The SMILES string of the molecule is CC(CN1C(=O)C=CC1=O)C1CO1. The maximum Gasteiger partial charge on any atom is 0.253 e. The fourth-order valence-electron chi connectivity index (χ4n) is 1.40. The summed E-state index contributed by atoms with van der Waals surface area (Å²) in [7, 11) is 0. The van der Waals surface area contributed by atoms with E-state index in [9.17, 15) is 9.59 Å². The van der Waals surface area contributed by atoms with E-state index < -0.39 is 0 Å². The molecule has 1 fully saturated rings. The van der Waals surface area contributed by atoms with Crippen molar-refractivity contribution in [3.63, 3.8) is 0 Å². The zero-order valence-corrected chi connectivity index (χ0v) is 7.40. The van der Waals surface area contributed by atoms with E-state index in [2.05, 4.69) is 0 Å². The van der Waals surface area contributed by atoms with Gasteiger partial charge >= 0.3 is 0 Å². The van der Waals surface area contributed by atoms with Crippen LogP contribution < -0.4 is 0 Å². The molecule has 2 unspecified atom stereocenters. The molecular weight excluding hydrogens is 170 g/mol. The lowest BCUT2D eigenvalue weighted by Gasteiger charge is -2.17. The minimum absolute atomic E-state index is 0.211. The summed E-state index contributed by atoms with van der Waals surface area (Å²) in [5, 5.41) is 0. The molecule has 2 heterocycles. The third-order valence-corrected chi connectivity index (χ3v) is 2.36. The minimum atomic E-state index is -0.211. The largest absolute Gasteiger partial charge is 0.373 e. The lowest BCUT2D eigenvalue weighted by atomic mass is 10.1. The number of imide groups is 1. The van der Waals surface area contributed by atoms with Crippen LogP contribution in [0.4, 0.5) is 0 Å². The Morgan fingerprint density at radius 2 is 2.08 bits per heavy atom. The molecular formula is C9H11NO3. The van der Waals surface area contributed by atoms with Crippen LogP contribution in [0.5, 0.6) is 0 Å². The van der Waals surface area contributed by atoms with Crippen molar-refractivity contribution in [1.82, 2.24) is 4.90 Å². The normalized spacial score (nSPS) is 28.4. The molecule has 70 valence electrons. The topological polar surface area (TPSA) is 49.9 Å². The maximum atomic E-state index is 11.1. The number of carbonyl (C=O) groups is 2. The Morgan fingerprint density at radius 1 is 1.54 bits per heavy atom. The Balaban J connectivity index is 1.93. The van der Waals surface area contributed by atoms with Gasteiger partial charge in [0.2, 0.25) is 0 Å². The first kappa shape index (κ1) is 8.44. The monoisotopic (exact) mass is 181 g/mol. The Bertz CT molecular complexity index is 263. The average molecular weight is 181 g/mol. The van der Waals surface area contributed by atoms with Crippen molar-refractivity contribution in [2.24, 2.45) is 5.92 Å². The molecule has 0 N–H and O–H groups in total. The second-order valence-corrected chi connectivity index (χ2v) is 3.47. The number of rotatable bonds is 3. The first-order chi connectivity index (χ1) is 6.18. The van der Waals surface area contributed by atoms with Gasteiger partial charge in [-0.25, -0.2) is 0 Å². The van der Waals surface area contributed by atoms with Crippen LogP contribution in [0.3, 0.4) is 0 Å². The molecule has 0 saturated carbocycles. The highest BCUT2D eigenvalue weighted by Crippen LogP contribution is 2.21. The first-order valence-electron chi connectivity index (χ1n) is 4.33. The van der Waals surface area contributed by atoms with E-state index >= 15 is 0 Å². The number of ether oxygens (including phenoxy) is 1. The van der Waals surface area contributed by atoms with Crippen LogP contribution in [-0.4, -0.2) is 36.0 Å². The predicted molar refractivity (Wildman–Crippen MR) is 44.8 cm³/mol. The van der Waals surface area contributed by atoms with E-state index in [4.69, 9.17) is 4.74 Å². The minimum Gasteiger partial charge on any atom is -0.373 e. The molecule has 2 amide bonds. The lowest BCUT2D eigenvalue weighted by molar-refractivity contribution is -0.137. The number of hydrogen-bond donors (Lipinski definition) is 0. The van der Waals surface area contributed by atoms with Gasteiger partial charge in [-0.05, 0) is 0 Å². The van der Waals surface area contributed by atoms with Crippen molar-refractivity contribution < 1.29 is 14.3 Å². The van der Waals surface area contributed by atoms with Gasteiger partial charge in [-0.2, -0.15) is 0 Å². The Labute approximate surface area is 76.2 Å². The van der Waals surface area contributed by atoms with Gasteiger partial charge in [0, 0.05) is 24.6 Å². The highest BCUT2D eigenvalue weighted by molar-refractivity contribution is 6.12. The van der Waals surface area contributed by atoms with Crippen LogP contribution in [-0.2, 0) is 14.3 Å². The fraction of sp³-hybridized carbons (Fsp3) is 0.556. The maximum absolute atomic E-state index is 11.1. The van der Waals surface area contributed by atoms with Gasteiger partial charge in [-0.1, -0.05) is 6.92 Å². The second-order valence-electron chi connectivity index (χ2n) is 3.47. The van der Waals surface area contributed by atoms with Gasteiger partial charge in [0.15, 0.2) is 0 Å². The van der Waals surface area contributed by atoms with Crippen molar-refractivity contribution in [1.29, 1.82) is 0 Å². The molecule has 1 saturated heterocycles. The van der Waals surface area contributed by atoms with Crippen molar-refractivity contribution in [3.8, 4) is 0 Å². The molecule has 2 aliphatic rings. The van der Waals surface area contributed by atoms with Crippen LogP contribution in [0.1, 0.15) is 6.92 Å². The summed E-state index contributed by atoms with van der Waals surface area (Å²) in [5.41, 5.74) is 0.